The Labute approximate surface area is 162 Å². The van der Waals surface area contributed by atoms with E-state index in [0.717, 1.165) is 0 Å². The van der Waals surface area contributed by atoms with Gasteiger partial charge < -0.3 is 7.43 Å². The van der Waals surface area contributed by atoms with E-state index in [1.54, 1.807) is 0 Å². The molecule has 0 N–H and O–H groups in total. The van der Waals surface area contributed by atoms with Crippen LogP contribution in [-0.2, 0) is 15.1 Å². The van der Waals surface area contributed by atoms with E-state index in [-0.39, 0.29) is 22.6 Å². The molecule has 3 aromatic carbocycles. The van der Waals surface area contributed by atoms with Crippen molar-refractivity contribution in [1.29, 1.82) is 0 Å². The van der Waals surface area contributed by atoms with Crippen LogP contribution in [-0.4, -0.2) is 0 Å². The predicted molar refractivity (Wildman–Crippen MR) is 109 cm³/mol. The van der Waals surface area contributed by atoms with Crippen molar-refractivity contribution in [3.8, 4) is 0 Å². The summed E-state index contributed by atoms with van der Waals surface area (Å²) < 4.78 is 0. The Morgan fingerprint density at radius 2 is 0.958 bits per heavy atom. The molecule has 0 amide bonds. The van der Waals surface area contributed by atoms with Crippen molar-refractivity contribution in [3.05, 3.63) is 97.9 Å². The summed E-state index contributed by atoms with van der Waals surface area (Å²) in [6, 6.07) is 30.7. The molecule has 24 heavy (non-hydrogen) atoms. The Hall–Kier alpha value is -0.707. The summed E-state index contributed by atoms with van der Waals surface area (Å²) in [5, 5.41) is 4.32. The quantitative estimate of drug-likeness (QED) is 0.280. The van der Waals surface area contributed by atoms with Gasteiger partial charge in [-0.1, -0.05) is 54.1 Å². The molecule has 0 aliphatic heterocycles. The summed E-state index contributed by atoms with van der Waals surface area (Å²) in [5.74, 6) is 0. The van der Waals surface area contributed by atoms with Crippen LogP contribution < -0.4 is 15.9 Å². The van der Waals surface area contributed by atoms with Gasteiger partial charge in [-0.2, -0.15) is 0 Å². The Balaban J connectivity index is 0.000000671. The second-order valence-corrected chi connectivity index (χ2v) is 10.1. The predicted octanol–water partition coefficient (Wildman–Crippen LogP) is 5.31. The maximum atomic E-state index is 4.85. The fraction of sp³-hybridized carbons (Fsp3) is 0.0500. The molecule has 0 radical (unpaired) electrons. The van der Waals surface area contributed by atoms with E-state index in [0.29, 0.717) is 0 Å². The van der Waals surface area contributed by atoms with Crippen LogP contribution in [0.4, 0.5) is 0 Å². The number of aryl methyl sites for hydroxylation is 1. The van der Waals surface area contributed by atoms with Crippen molar-refractivity contribution in [2.24, 2.45) is 0 Å². The van der Waals surface area contributed by atoms with Crippen molar-refractivity contribution in [3.63, 3.8) is 0 Å². The van der Waals surface area contributed by atoms with E-state index in [1.165, 1.54) is 21.5 Å². The summed E-state index contributed by atoms with van der Waals surface area (Å²) in [4.78, 5) is 0. The number of hydrogen-bond donors (Lipinski definition) is 0. The van der Waals surface area contributed by atoms with Gasteiger partial charge in [0.2, 0.25) is 0 Å². The molecule has 0 saturated heterocycles. The zero-order valence-corrected chi connectivity index (χ0v) is 17.9. The van der Waals surface area contributed by atoms with Crippen LogP contribution in [0.15, 0.2) is 84.9 Å². The van der Waals surface area contributed by atoms with Gasteiger partial charge in [0.1, 0.15) is 15.9 Å². The third-order valence-electron chi connectivity index (χ3n) is 3.47. The first-order chi connectivity index (χ1) is 11.3. The van der Waals surface area contributed by atoms with Crippen LogP contribution in [0.1, 0.15) is 5.56 Å². The Morgan fingerprint density at radius 3 is 1.33 bits per heavy atom. The second-order valence-electron chi connectivity index (χ2n) is 5.02. The molecule has 0 bridgehead atoms. The average molecular weight is 464 g/mol. The molecule has 0 nitrogen and oxygen atoms in total. The van der Waals surface area contributed by atoms with Crippen molar-refractivity contribution in [2.75, 3.05) is 0 Å². The first kappa shape index (κ1) is 21.3. The van der Waals surface area contributed by atoms with Crippen LogP contribution >= 0.6 is 27.3 Å². The van der Waals surface area contributed by atoms with Crippen LogP contribution in [0.5, 0.6) is 0 Å². The third kappa shape index (κ3) is 6.31. The summed E-state index contributed by atoms with van der Waals surface area (Å²) in [7, 11) is 8.81. The van der Waals surface area contributed by atoms with Gasteiger partial charge in [0.25, 0.3) is 0 Å². The zero-order chi connectivity index (χ0) is 16.5. The first-order valence-electron chi connectivity index (χ1n) is 7.16. The van der Waals surface area contributed by atoms with Gasteiger partial charge in [-0.3, -0.25) is 0 Å². The van der Waals surface area contributed by atoms with Crippen molar-refractivity contribution >= 4 is 43.2 Å². The molecule has 0 saturated carbocycles. The van der Waals surface area contributed by atoms with Crippen molar-refractivity contribution in [2.45, 2.75) is 6.92 Å². The summed E-state index contributed by atoms with van der Waals surface area (Å²) in [5.41, 5.74) is 1.32. The number of hydrogen-bond acceptors (Lipinski definition) is 0. The zero-order valence-electron chi connectivity index (χ0n) is 13.7. The van der Waals surface area contributed by atoms with Gasteiger partial charge in [0.05, 0.1) is 7.92 Å². The standard InChI is InChI=1S/C19H17P.CH3.2ClH.Ru/c1-16-12-14-19(15-13-16)20(17-8-4-2-5-9-17)18-10-6-3-7-11-18;;;;/h2-15H,1H3;1H3;2*1H;/q;-1;;;+2/p-1. The van der Waals surface area contributed by atoms with E-state index < -0.39 is 7.92 Å². The molecule has 0 unspecified atom stereocenters. The Kier molecular flexibility index (Phi) is 10.5. The molecular weight excluding hydrogens is 443 g/mol. The van der Waals surface area contributed by atoms with Crippen LogP contribution in [0.2, 0.25) is 0 Å². The van der Waals surface area contributed by atoms with Gasteiger partial charge in [-0.15, -0.1) is 0 Å². The van der Waals surface area contributed by atoms with Gasteiger partial charge in [0, 0.05) is 0 Å². The van der Waals surface area contributed by atoms with Gasteiger partial charge in [-0.05, 0) is 43.3 Å². The molecule has 3 rings (SSSR count). The molecule has 3 aromatic rings. The van der Waals surface area contributed by atoms with Crippen LogP contribution in [0, 0.1) is 14.4 Å². The number of halogens is 2. The van der Waals surface area contributed by atoms with Crippen molar-refractivity contribution in [1.82, 2.24) is 0 Å². The molecule has 0 fully saturated rings. The molecule has 0 spiro atoms. The molecule has 0 aromatic heterocycles. The number of rotatable bonds is 3. The molecule has 0 aliphatic carbocycles. The van der Waals surface area contributed by atoms with Crippen LogP contribution in [0.3, 0.4) is 0 Å². The summed E-state index contributed by atoms with van der Waals surface area (Å²) in [6.07, 6.45) is 0. The third-order valence-corrected chi connectivity index (χ3v) is 6.20. The molecular formula is C20H21Cl2PRu. The summed E-state index contributed by atoms with van der Waals surface area (Å²) in [6.45, 7) is 2.14. The van der Waals surface area contributed by atoms with Crippen molar-refractivity contribution < 1.29 is 15.1 Å². The van der Waals surface area contributed by atoms with E-state index >= 15 is 0 Å². The van der Waals surface area contributed by atoms with Gasteiger partial charge >= 0.3 is 34.5 Å². The van der Waals surface area contributed by atoms with E-state index in [1.807, 2.05) is 0 Å². The summed E-state index contributed by atoms with van der Waals surface area (Å²) >= 11 is -0.346. The van der Waals surface area contributed by atoms with Crippen LogP contribution in [0.25, 0.3) is 0 Å². The maximum absolute atomic E-state index is 4.85. The monoisotopic (exact) mass is 464 g/mol. The number of benzene rings is 3. The Bertz CT molecular complexity index is 648. The normalized spacial score (nSPS) is 9.83. The van der Waals surface area contributed by atoms with Gasteiger partial charge in [-0.25, -0.2) is 0 Å². The second kappa shape index (κ2) is 11.8. The molecule has 0 heterocycles. The Morgan fingerprint density at radius 1 is 0.625 bits per heavy atom. The van der Waals surface area contributed by atoms with E-state index in [9.17, 15) is 0 Å². The fourth-order valence-corrected chi connectivity index (χ4v) is 4.98. The molecule has 128 valence electrons. The minimum absolute atomic E-state index is 0. The SMILES string of the molecule is Cc1ccc([PH+](c2ccccc2)c2ccccc2)cc1.[CH3-].[Cl][Ru][Cl]. The van der Waals surface area contributed by atoms with E-state index in [4.69, 9.17) is 19.4 Å². The average Bonchev–Trinajstić information content (AvgIpc) is 2.60. The molecule has 0 aliphatic rings. The van der Waals surface area contributed by atoms with E-state index in [2.05, 4.69) is 91.9 Å². The fourth-order valence-electron chi connectivity index (χ4n) is 2.43. The first-order valence-corrected chi connectivity index (χ1v) is 13.1. The minimum atomic E-state index is -0.894. The topological polar surface area (TPSA) is 0 Å². The van der Waals surface area contributed by atoms with Gasteiger partial charge in [0.15, 0.2) is 0 Å². The molecule has 4 heteroatoms. The molecule has 0 atom stereocenters.